The normalized spacial score (nSPS) is 10.5. The van der Waals surface area contributed by atoms with Crippen LogP contribution in [0.3, 0.4) is 0 Å². The number of nitrogens with zero attached hydrogens (tertiary/aromatic N) is 5. The number of nitrogens with two attached hydrogens (primary N) is 1. The van der Waals surface area contributed by atoms with Gasteiger partial charge in [0.15, 0.2) is 5.69 Å². The molecule has 9 heteroatoms. The van der Waals surface area contributed by atoms with Crippen molar-refractivity contribution < 1.29 is 13.9 Å². The van der Waals surface area contributed by atoms with Crippen LogP contribution >= 0.6 is 0 Å². The molecule has 2 heterocycles. The number of carbonyl (C=O) groups excluding carboxylic acids is 1. The molecule has 0 radical (unpaired) electrons. The van der Waals surface area contributed by atoms with Crippen molar-refractivity contribution in [3.05, 3.63) is 53.4 Å². The molecule has 26 heavy (non-hydrogen) atoms. The molecule has 0 aliphatic heterocycles. The zero-order chi connectivity index (χ0) is 18.8. The number of nitriles is 1. The molecule has 1 aromatic carbocycles. The Bertz CT molecular complexity index is 1030. The average Bonchev–Trinajstić information content (AvgIpc) is 3.25. The van der Waals surface area contributed by atoms with Crippen molar-refractivity contribution in [2.45, 2.75) is 13.3 Å². The van der Waals surface area contributed by atoms with Gasteiger partial charge >= 0.3 is 5.97 Å². The molecule has 0 atom stereocenters. The van der Waals surface area contributed by atoms with Crippen LogP contribution in [0.25, 0.3) is 11.4 Å². The van der Waals surface area contributed by atoms with Gasteiger partial charge < -0.3 is 15.0 Å². The maximum atomic E-state index is 14.7. The van der Waals surface area contributed by atoms with Gasteiger partial charge in [0.1, 0.15) is 11.9 Å². The zero-order valence-corrected chi connectivity index (χ0v) is 14.1. The van der Waals surface area contributed by atoms with Crippen LogP contribution in [0.1, 0.15) is 28.7 Å². The number of anilines is 1. The zero-order valence-electron chi connectivity index (χ0n) is 14.1. The van der Waals surface area contributed by atoms with Crippen molar-refractivity contribution in [2.24, 2.45) is 0 Å². The third-order valence-corrected chi connectivity index (χ3v) is 3.90. The van der Waals surface area contributed by atoms with E-state index in [9.17, 15) is 9.18 Å². The molecule has 0 amide bonds. The van der Waals surface area contributed by atoms with Gasteiger partial charge in [0.2, 0.25) is 0 Å². The van der Waals surface area contributed by atoms with Crippen molar-refractivity contribution in [3.63, 3.8) is 0 Å². The van der Waals surface area contributed by atoms with Crippen LogP contribution in [0.15, 0.2) is 30.6 Å². The minimum atomic E-state index is -0.767. The van der Waals surface area contributed by atoms with Crippen molar-refractivity contribution in [2.75, 3.05) is 12.8 Å². The number of halogens is 1. The number of nitrogen functional groups attached to an aromatic ring is 1. The van der Waals surface area contributed by atoms with E-state index < -0.39 is 11.8 Å². The fourth-order valence-corrected chi connectivity index (χ4v) is 2.52. The highest BCUT2D eigenvalue weighted by Gasteiger charge is 2.23. The Morgan fingerprint density at radius 1 is 1.42 bits per heavy atom. The predicted molar refractivity (Wildman–Crippen MR) is 90.5 cm³/mol. The topological polar surface area (TPSA) is 112 Å². The first-order valence-corrected chi connectivity index (χ1v) is 7.70. The molecule has 0 aliphatic carbocycles. The summed E-state index contributed by atoms with van der Waals surface area (Å²) in [6.45, 7) is 1.94. The summed E-state index contributed by atoms with van der Waals surface area (Å²) in [5, 5.41) is 17.1. The number of esters is 1. The first kappa shape index (κ1) is 17.2. The van der Waals surface area contributed by atoms with E-state index in [-0.39, 0.29) is 22.6 Å². The Hall–Kier alpha value is -3.67. The van der Waals surface area contributed by atoms with Crippen molar-refractivity contribution in [3.8, 4) is 17.4 Å². The highest BCUT2D eigenvalue weighted by molar-refractivity contribution is 5.96. The number of aromatic nitrogens is 4. The van der Waals surface area contributed by atoms with Gasteiger partial charge in [-0.2, -0.15) is 5.26 Å². The summed E-state index contributed by atoms with van der Waals surface area (Å²) < 4.78 is 22.1. The Kier molecular flexibility index (Phi) is 4.41. The Morgan fingerprint density at radius 3 is 2.77 bits per heavy atom. The molecule has 132 valence electrons. The number of ether oxygens (including phenoxy) is 1. The summed E-state index contributed by atoms with van der Waals surface area (Å²) in [6, 6.07) is 6.21. The minimum absolute atomic E-state index is 0.0535. The van der Waals surface area contributed by atoms with Crippen LogP contribution in [-0.4, -0.2) is 32.6 Å². The van der Waals surface area contributed by atoms with Gasteiger partial charge in [-0.05, 0) is 18.6 Å². The van der Waals surface area contributed by atoms with Gasteiger partial charge in [0.25, 0.3) is 0 Å². The Morgan fingerprint density at radius 2 is 2.19 bits per heavy atom. The number of benzene rings is 1. The van der Waals surface area contributed by atoms with E-state index in [1.165, 1.54) is 34.7 Å². The van der Waals surface area contributed by atoms with Crippen molar-refractivity contribution in [1.29, 1.82) is 5.26 Å². The molecule has 0 bridgehead atoms. The van der Waals surface area contributed by atoms with Gasteiger partial charge in [0, 0.05) is 12.3 Å². The van der Waals surface area contributed by atoms with E-state index in [4.69, 9.17) is 15.7 Å². The second kappa shape index (κ2) is 6.68. The Labute approximate surface area is 148 Å². The molecule has 3 aromatic rings. The highest BCUT2D eigenvalue weighted by Crippen LogP contribution is 2.27. The molecule has 0 saturated heterocycles. The second-order valence-corrected chi connectivity index (χ2v) is 5.42. The van der Waals surface area contributed by atoms with Crippen LogP contribution in [0.4, 0.5) is 10.1 Å². The lowest BCUT2D eigenvalue weighted by molar-refractivity contribution is 0.0593. The molecule has 2 aromatic heterocycles. The minimum Gasteiger partial charge on any atom is -0.464 e. The van der Waals surface area contributed by atoms with E-state index >= 15 is 0 Å². The van der Waals surface area contributed by atoms with E-state index in [1.54, 1.807) is 12.3 Å². The third kappa shape index (κ3) is 2.77. The number of carbonyl (C=O) groups is 1. The molecular formula is C17H15FN6O2. The molecule has 0 unspecified atom stereocenters. The first-order valence-electron chi connectivity index (χ1n) is 7.70. The van der Waals surface area contributed by atoms with Gasteiger partial charge in [-0.25, -0.2) is 13.9 Å². The van der Waals surface area contributed by atoms with Crippen LogP contribution in [0.5, 0.6) is 0 Å². The monoisotopic (exact) mass is 354 g/mol. The highest BCUT2D eigenvalue weighted by atomic mass is 19.1. The predicted octanol–water partition coefficient (Wildman–Crippen LogP) is 2.00. The quantitative estimate of drug-likeness (QED) is 0.717. The first-order chi connectivity index (χ1) is 12.5. The van der Waals surface area contributed by atoms with Gasteiger partial charge in [-0.1, -0.05) is 12.1 Å². The molecule has 0 saturated carbocycles. The molecule has 0 spiro atoms. The van der Waals surface area contributed by atoms with Gasteiger partial charge in [-0.3, -0.25) is 0 Å². The second-order valence-electron chi connectivity index (χ2n) is 5.42. The molecule has 2 N–H and O–H groups in total. The Balaban J connectivity index is 2.11. The lowest BCUT2D eigenvalue weighted by Gasteiger charge is -2.10. The molecule has 0 fully saturated rings. The lowest BCUT2D eigenvalue weighted by atomic mass is 10.2. The fourth-order valence-electron chi connectivity index (χ4n) is 2.52. The number of aryl methyl sites for hydroxylation is 1. The number of hydrogen-bond acceptors (Lipinski definition) is 6. The fraction of sp³-hybridized carbons (Fsp3) is 0.176. The number of methoxy groups -OCH3 is 1. The van der Waals surface area contributed by atoms with E-state index in [1.807, 2.05) is 13.0 Å². The summed E-state index contributed by atoms with van der Waals surface area (Å²) in [4.78, 5) is 12.0. The maximum Gasteiger partial charge on any atom is 0.357 e. The molecule has 0 aliphatic rings. The summed E-state index contributed by atoms with van der Waals surface area (Å²) in [6.07, 6.45) is 3.71. The summed E-state index contributed by atoms with van der Waals surface area (Å²) in [5.41, 5.74) is 7.01. The summed E-state index contributed by atoms with van der Waals surface area (Å²) in [5.74, 6) is -1.39. The van der Waals surface area contributed by atoms with Crippen molar-refractivity contribution >= 4 is 11.7 Å². The largest absolute Gasteiger partial charge is 0.464 e. The summed E-state index contributed by atoms with van der Waals surface area (Å²) in [7, 11) is 1.18. The number of rotatable bonds is 4. The van der Waals surface area contributed by atoms with Gasteiger partial charge in [0.05, 0.1) is 41.6 Å². The SMILES string of the molecule is CCc1cn(-c2ccc(-n3cc(C#N)c(N)c3C(=O)OC)c(F)c2)nn1. The molecular weight excluding hydrogens is 339 g/mol. The molecule has 3 rings (SSSR count). The smallest absolute Gasteiger partial charge is 0.357 e. The van der Waals surface area contributed by atoms with E-state index in [0.29, 0.717) is 12.1 Å². The average molecular weight is 354 g/mol. The standard InChI is InChI=1S/C17H15FN6O2/c1-3-11-9-24(22-21-11)12-4-5-14(13(18)6-12)23-8-10(7-19)15(20)16(23)17(25)26-2/h4-6,8-9H,3,20H2,1-2H3. The maximum absolute atomic E-state index is 14.7. The van der Waals surface area contributed by atoms with Crippen LogP contribution < -0.4 is 5.73 Å². The van der Waals surface area contributed by atoms with Crippen molar-refractivity contribution in [1.82, 2.24) is 19.6 Å². The third-order valence-electron chi connectivity index (χ3n) is 3.90. The van der Waals surface area contributed by atoms with E-state index in [0.717, 1.165) is 5.69 Å². The molecule has 8 nitrogen and oxygen atoms in total. The summed E-state index contributed by atoms with van der Waals surface area (Å²) >= 11 is 0. The lowest BCUT2D eigenvalue weighted by Crippen LogP contribution is -2.12. The van der Waals surface area contributed by atoms with Crippen LogP contribution in [0, 0.1) is 17.1 Å². The van der Waals surface area contributed by atoms with Crippen LogP contribution in [-0.2, 0) is 11.2 Å². The van der Waals surface area contributed by atoms with Crippen LogP contribution in [0.2, 0.25) is 0 Å². The van der Waals surface area contributed by atoms with Gasteiger partial charge in [-0.15, -0.1) is 5.10 Å². The van der Waals surface area contributed by atoms with E-state index in [2.05, 4.69) is 10.3 Å². The number of hydrogen-bond donors (Lipinski definition) is 1.